The first-order chi connectivity index (χ1) is 9.15. The van der Waals surface area contributed by atoms with Crippen LogP contribution in [-0.2, 0) is 4.74 Å². The Kier molecular flexibility index (Phi) is 4.28. The van der Waals surface area contributed by atoms with Crippen LogP contribution in [-0.4, -0.2) is 46.6 Å². The van der Waals surface area contributed by atoms with Gasteiger partial charge < -0.3 is 15.1 Å². The number of anilines is 1. The van der Waals surface area contributed by atoms with Crippen LogP contribution in [0.5, 0.6) is 0 Å². The molecule has 104 valence electrons. The van der Waals surface area contributed by atoms with Gasteiger partial charge in [-0.3, -0.25) is 4.79 Å². The third-order valence-electron chi connectivity index (χ3n) is 3.44. The number of likely N-dealkylation sites (tertiary alicyclic amines) is 1. The molecule has 2 heterocycles. The third kappa shape index (κ3) is 2.99. The van der Waals surface area contributed by atoms with Gasteiger partial charge in [0.05, 0.1) is 18.5 Å². The molecule has 0 saturated carbocycles. The summed E-state index contributed by atoms with van der Waals surface area (Å²) >= 11 is 0. The molecule has 19 heavy (non-hydrogen) atoms. The van der Waals surface area contributed by atoms with Crippen molar-refractivity contribution in [1.29, 1.82) is 0 Å². The number of carbonyl (C=O) groups is 1. The second-order valence-corrected chi connectivity index (χ2v) is 4.66. The number of hydrazine groups is 1. The summed E-state index contributed by atoms with van der Waals surface area (Å²) in [6, 6.07) is 0.139. The van der Waals surface area contributed by atoms with E-state index in [4.69, 9.17) is 10.6 Å². The molecule has 0 aliphatic carbocycles. The third-order valence-corrected chi connectivity index (χ3v) is 3.44. The monoisotopic (exact) mass is 265 g/mol. The predicted octanol–water partition coefficient (Wildman–Crippen LogP) is 0.402. The average molecular weight is 265 g/mol. The molecule has 1 fully saturated rings. The highest BCUT2D eigenvalue weighted by atomic mass is 16.5. The number of aromatic nitrogens is 2. The van der Waals surface area contributed by atoms with Crippen molar-refractivity contribution in [2.24, 2.45) is 5.84 Å². The second kappa shape index (κ2) is 5.94. The molecule has 0 radical (unpaired) electrons. The average Bonchev–Trinajstić information content (AvgIpc) is 2.46. The molecule has 1 aromatic heterocycles. The molecule has 2 rings (SSSR count). The van der Waals surface area contributed by atoms with Crippen LogP contribution < -0.4 is 11.3 Å². The SMILES string of the molecule is COC1CCN(C(=O)c2cnc(NN)cn2)C(C)C1. The van der Waals surface area contributed by atoms with Crippen LogP contribution >= 0.6 is 0 Å². The van der Waals surface area contributed by atoms with Gasteiger partial charge in [0.25, 0.3) is 5.91 Å². The Morgan fingerprint density at radius 1 is 1.53 bits per heavy atom. The van der Waals surface area contributed by atoms with Crippen molar-refractivity contribution in [2.45, 2.75) is 31.9 Å². The minimum atomic E-state index is -0.0990. The molecular weight excluding hydrogens is 246 g/mol. The van der Waals surface area contributed by atoms with E-state index in [1.165, 1.54) is 12.4 Å². The number of nitrogens with two attached hydrogens (primary N) is 1. The van der Waals surface area contributed by atoms with Gasteiger partial charge in [-0.2, -0.15) is 0 Å². The zero-order valence-electron chi connectivity index (χ0n) is 11.2. The van der Waals surface area contributed by atoms with E-state index in [1.54, 1.807) is 7.11 Å². The van der Waals surface area contributed by atoms with Crippen LogP contribution in [0.15, 0.2) is 12.4 Å². The van der Waals surface area contributed by atoms with E-state index < -0.39 is 0 Å². The van der Waals surface area contributed by atoms with Gasteiger partial charge >= 0.3 is 0 Å². The lowest BCUT2D eigenvalue weighted by Crippen LogP contribution is -2.46. The Labute approximate surface area is 112 Å². The van der Waals surface area contributed by atoms with Crippen molar-refractivity contribution in [2.75, 3.05) is 19.1 Å². The zero-order chi connectivity index (χ0) is 13.8. The molecule has 7 nitrogen and oxygen atoms in total. The summed E-state index contributed by atoms with van der Waals surface area (Å²) in [4.78, 5) is 22.2. The Morgan fingerprint density at radius 2 is 2.32 bits per heavy atom. The van der Waals surface area contributed by atoms with Crippen LogP contribution in [0.2, 0.25) is 0 Å². The summed E-state index contributed by atoms with van der Waals surface area (Å²) in [6.45, 7) is 2.70. The fraction of sp³-hybridized carbons (Fsp3) is 0.583. The van der Waals surface area contributed by atoms with Crippen molar-refractivity contribution >= 4 is 11.7 Å². The number of ether oxygens (including phenoxy) is 1. The van der Waals surface area contributed by atoms with Crippen molar-refractivity contribution < 1.29 is 9.53 Å². The number of carbonyl (C=O) groups excluding carboxylic acids is 1. The maximum atomic E-state index is 12.3. The normalized spacial score (nSPS) is 23.2. The topological polar surface area (TPSA) is 93.4 Å². The summed E-state index contributed by atoms with van der Waals surface area (Å²) in [7, 11) is 1.71. The van der Waals surface area contributed by atoms with Gasteiger partial charge in [-0.1, -0.05) is 0 Å². The number of hydrogen-bond donors (Lipinski definition) is 2. The van der Waals surface area contributed by atoms with E-state index in [0.717, 1.165) is 12.8 Å². The molecule has 1 aliphatic heterocycles. The number of hydrogen-bond acceptors (Lipinski definition) is 6. The molecule has 1 amide bonds. The number of methoxy groups -OCH3 is 1. The van der Waals surface area contributed by atoms with Gasteiger partial charge in [-0.15, -0.1) is 0 Å². The number of nitrogens with one attached hydrogen (secondary N) is 1. The molecule has 1 saturated heterocycles. The van der Waals surface area contributed by atoms with Crippen LogP contribution in [0, 0.1) is 0 Å². The van der Waals surface area contributed by atoms with Crippen LogP contribution in [0.25, 0.3) is 0 Å². The Bertz CT molecular complexity index is 436. The maximum Gasteiger partial charge on any atom is 0.274 e. The number of rotatable bonds is 3. The van der Waals surface area contributed by atoms with Gasteiger partial charge in [0, 0.05) is 19.7 Å². The highest BCUT2D eigenvalue weighted by molar-refractivity contribution is 5.92. The molecule has 2 atom stereocenters. The molecule has 0 spiro atoms. The predicted molar refractivity (Wildman–Crippen MR) is 70.4 cm³/mol. The van der Waals surface area contributed by atoms with E-state index in [-0.39, 0.29) is 18.1 Å². The molecule has 3 N–H and O–H groups in total. The van der Waals surface area contributed by atoms with Gasteiger partial charge in [0.2, 0.25) is 0 Å². The van der Waals surface area contributed by atoms with Crippen molar-refractivity contribution in [1.82, 2.24) is 14.9 Å². The van der Waals surface area contributed by atoms with E-state index in [9.17, 15) is 4.79 Å². The first-order valence-electron chi connectivity index (χ1n) is 6.28. The van der Waals surface area contributed by atoms with E-state index in [2.05, 4.69) is 15.4 Å². The summed E-state index contributed by atoms with van der Waals surface area (Å²) in [5, 5.41) is 0. The van der Waals surface area contributed by atoms with E-state index in [0.29, 0.717) is 18.1 Å². The summed E-state index contributed by atoms with van der Waals surface area (Å²) in [5.74, 6) is 5.54. The lowest BCUT2D eigenvalue weighted by atomic mass is 10.0. The Balaban J connectivity index is 2.06. The molecular formula is C12H19N5O2. The number of nitrogens with zero attached hydrogens (tertiary/aromatic N) is 3. The van der Waals surface area contributed by atoms with Gasteiger partial charge in [0.1, 0.15) is 5.69 Å². The van der Waals surface area contributed by atoms with Crippen molar-refractivity contribution in [3.8, 4) is 0 Å². The Morgan fingerprint density at radius 3 is 2.84 bits per heavy atom. The molecule has 1 aliphatic rings. The molecule has 0 aromatic carbocycles. The van der Waals surface area contributed by atoms with E-state index in [1.807, 2.05) is 11.8 Å². The maximum absolute atomic E-state index is 12.3. The van der Waals surface area contributed by atoms with Gasteiger partial charge in [-0.05, 0) is 19.8 Å². The zero-order valence-corrected chi connectivity index (χ0v) is 11.2. The largest absolute Gasteiger partial charge is 0.381 e. The smallest absolute Gasteiger partial charge is 0.274 e. The highest BCUT2D eigenvalue weighted by Crippen LogP contribution is 2.20. The van der Waals surface area contributed by atoms with Crippen LogP contribution in [0.3, 0.4) is 0 Å². The fourth-order valence-corrected chi connectivity index (χ4v) is 2.30. The first-order valence-corrected chi connectivity index (χ1v) is 6.28. The number of nitrogen functional groups attached to an aromatic ring is 1. The van der Waals surface area contributed by atoms with Crippen LogP contribution in [0.4, 0.5) is 5.82 Å². The van der Waals surface area contributed by atoms with Crippen molar-refractivity contribution in [3.05, 3.63) is 18.1 Å². The summed E-state index contributed by atoms with van der Waals surface area (Å²) in [6.07, 6.45) is 4.81. The minimum absolute atomic E-state index is 0.0990. The van der Waals surface area contributed by atoms with Crippen LogP contribution in [0.1, 0.15) is 30.3 Å². The van der Waals surface area contributed by atoms with E-state index >= 15 is 0 Å². The lowest BCUT2D eigenvalue weighted by molar-refractivity contribution is 0.0157. The second-order valence-electron chi connectivity index (χ2n) is 4.66. The van der Waals surface area contributed by atoms with Gasteiger partial charge in [-0.25, -0.2) is 15.8 Å². The molecule has 0 bridgehead atoms. The summed E-state index contributed by atoms with van der Waals surface area (Å²) < 4.78 is 5.34. The van der Waals surface area contributed by atoms with Gasteiger partial charge in [0.15, 0.2) is 5.82 Å². The molecule has 7 heteroatoms. The quantitative estimate of drug-likeness (QED) is 0.607. The fourth-order valence-electron chi connectivity index (χ4n) is 2.30. The minimum Gasteiger partial charge on any atom is -0.381 e. The Hall–Kier alpha value is -1.73. The summed E-state index contributed by atoms with van der Waals surface area (Å²) in [5.41, 5.74) is 2.71. The standard InChI is InChI=1S/C12H19N5O2/c1-8-5-9(19-2)3-4-17(8)12(18)10-6-15-11(16-13)7-14-10/h6-9H,3-5,13H2,1-2H3,(H,15,16). The van der Waals surface area contributed by atoms with Crippen molar-refractivity contribution in [3.63, 3.8) is 0 Å². The first kappa shape index (κ1) is 13.7. The highest BCUT2D eigenvalue weighted by Gasteiger charge is 2.29. The number of piperidine rings is 1. The molecule has 2 unspecified atom stereocenters. The number of amides is 1. The lowest BCUT2D eigenvalue weighted by Gasteiger charge is -2.36. The molecule has 1 aromatic rings.